The molecule has 0 radical (unpaired) electrons. The van der Waals surface area contributed by atoms with E-state index in [-0.39, 0.29) is 5.91 Å². The Morgan fingerprint density at radius 3 is 2.89 bits per heavy atom. The number of nitrogens with zero attached hydrogens (tertiary/aromatic N) is 2. The van der Waals surface area contributed by atoms with Crippen LogP contribution >= 0.6 is 11.3 Å². The SMILES string of the molecule is NCC#Cc1ccc(CNC(=O)c2cncnc2)s1. The van der Waals surface area contributed by atoms with Crippen LogP contribution in [0.25, 0.3) is 0 Å². The number of nitrogens with two attached hydrogens (primary N) is 1. The molecule has 5 nitrogen and oxygen atoms in total. The Kier molecular flexibility index (Phi) is 4.61. The van der Waals surface area contributed by atoms with Gasteiger partial charge >= 0.3 is 0 Å². The number of thiophene rings is 1. The first-order valence-electron chi connectivity index (χ1n) is 5.60. The number of hydrogen-bond donors (Lipinski definition) is 2. The highest BCUT2D eigenvalue weighted by Gasteiger charge is 2.06. The smallest absolute Gasteiger partial charge is 0.254 e. The Morgan fingerprint density at radius 1 is 1.37 bits per heavy atom. The topological polar surface area (TPSA) is 80.9 Å². The molecule has 0 bridgehead atoms. The number of amides is 1. The summed E-state index contributed by atoms with van der Waals surface area (Å²) in [5.41, 5.74) is 5.75. The number of hydrogen-bond acceptors (Lipinski definition) is 5. The molecule has 3 N–H and O–H groups in total. The summed E-state index contributed by atoms with van der Waals surface area (Å²) in [6, 6.07) is 3.85. The van der Waals surface area contributed by atoms with Crippen molar-refractivity contribution in [2.45, 2.75) is 6.54 Å². The molecule has 0 unspecified atom stereocenters. The van der Waals surface area contributed by atoms with Crippen LogP contribution < -0.4 is 11.1 Å². The highest BCUT2D eigenvalue weighted by atomic mass is 32.1. The van der Waals surface area contributed by atoms with Crippen LogP contribution in [0.1, 0.15) is 20.1 Å². The van der Waals surface area contributed by atoms with Crippen molar-refractivity contribution in [2.75, 3.05) is 6.54 Å². The van der Waals surface area contributed by atoms with Gasteiger partial charge in [0.05, 0.1) is 23.5 Å². The number of rotatable bonds is 3. The van der Waals surface area contributed by atoms with Crippen molar-refractivity contribution in [1.29, 1.82) is 0 Å². The van der Waals surface area contributed by atoms with Gasteiger partial charge in [-0.25, -0.2) is 9.97 Å². The molecule has 0 aliphatic heterocycles. The molecule has 6 heteroatoms. The lowest BCUT2D eigenvalue weighted by Gasteiger charge is -2.02. The van der Waals surface area contributed by atoms with Crippen LogP contribution in [-0.2, 0) is 6.54 Å². The monoisotopic (exact) mass is 272 g/mol. The van der Waals surface area contributed by atoms with Gasteiger partial charge in [0.25, 0.3) is 5.91 Å². The molecule has 2 heterocycles. The third-order valence-corrected chi connectivity index (χ3v) is 3.22. The lowest BCUT2D eigenvalue weighted by Crippen LogP contribution is -2.22. The van der Waals surface area contributed by atoms with E-state index < -0.39 is 0 Å². The molecular weight excluding hydrogens is 260 g/mol. The number of aromatic nitrogens is 2. The van der Waals surface area contributed by atoms with Crippen molar-refractivity contribution in [1.82, 2.24) is 15.3 Å². The second-order valence-electron chi connectivity index (χ2n) is 3.58. The Hall–Kier alpha value is -2.23. The molecule has 0 fully saturated rings. The van der Waals surface area contributed by atoms with Crippen molar-refractivity contribution in [3.63, 3.8) is 0 Å². The van der Waals surface area contributed by atoms with Crippen LogP contribution in [0.2, 0.25) is 0 Å². The van der Waals surface area contributed by atoms with Crippen LogP contribution in [0.4, 0.5) is 0 Å². The summed E-state index contributed by atoms with van der Waals surface area (Å²) in [6.45, 7) is 0.806. The summed E-state index contributed by atoms with van der Waals surface area (Å²) in [6.07, 6.45) is 4.35. The van der Waals surface area contributed by atoms with Gasteiger partial charge in [-0.1, -0.05) is 11.8 Å². The number of carbonyl (C=O) groups excluding carboxylic acids is 1. The zero-order valence-electron chi connectivity index (χ0n) is 10.1. The van der Waals surface area contributed by atoms with E-state index in [0.29, 0.717) is 18.7 Å². The zero-order chi connectivity index (χ0) is 13.5. The van der Waals surface area contributed by atoms with Gasteiger partial charge < -0.3 is 11.1 Å². The molecule has 2 aromatic heterocycles. The maximum atomic E-state index is 11.8. The maximum absolute atomic E-state index is 11.8. The predicted molar refractivity (Wildman–Crippen MR) is 73.5 cm³/mol. The lowest BCUT2D eigenvalue weighted by molar-refractivity contribution is 0.0950. The van der Waals surface area contributed by atoms with E-state index >= 15 is 0 Å². The van der Waals surface area contributed by atoms with Gasteiger partial charge in [0.1, 0.15) is 6.33 Å². The van der Waals surface area contributed by atoms with Crippen molar-refractivity contribution >= 4 is 17.2 Å². The third kappa shape index (κ3) is 3.88. The van der Waals surface area contributed by atoms with Gasteiger partial charge in [-0.15, -0.1) is 11.3 Å². The normalized spacial score (nSPS) is 9.53. The van der Waals surface area contributed by atoms with Crippen LogP contribution in [0, 0.1) is 11.8 Å². The van der Waals surface area contributed by atoms with E-state index in [0.717, 1.165) is 9.75 Å². The molecule has 0 aromatic carbocycles. The summed E-state index contributed by atoms with van der Waals surface area (Å²) in [5, 5.41) is 2.80. The minimum atomic E-state index is -0.191. The van der Waals surface area contributed by atoms with Crippen LogP contribution in [0.15, 0.2) is 30.9 Å². The van der Waals surface area contributed by atoms with Gasteiger partial charge in [-0.3, -0.25) is 4.79 Å². The second-order valence-corrected chi connectivity index (χ2v) is 4.75. The van der Waals surface area contributed by atoms with Crippen LogP contribution in [0.5, 0.6) is 0 Å². The zero-order valence-corrected chi connectivity index (χ0v) is 10.9. The molecule has 0 saturated heterocycles. The Morgan fingerprint density at radius 2 is 2.16 bits per heavy atom. The van der Waals surface area contributed by atoms with Crippen molar-refractivity contribution in [2.24, 2.45) is 5.73 Å². The highest BCUT2D eigenvalue weighted by Crippen LogP contribution is 2.15. The van der Waals surface area contributed by atoms with E-state index in [4.69, 9.17) is 5.73 Å². The maximum Gasteiger partial charge on any atom is 0.254 e. The van der Waals surface area contributed by atoms with Gasteiger partial charge in [-0.2, -0.15) is 0 Å². The van der Waals surface area contributed by atoms with Gasteiger partial charge in [-0.05, 0) is 12.1 Å². The molecule has 2 rings (SSSR count). The Labute approximate surface area is 114 Å². The molecule has 19 heavy (non-hydrogen) atoms. The number of nitrogens with one attached hydrogen (secondary N) is 1. The average molecular weight is 272 g/mol. The largest absolute Gasteiger partial charge is 0.347 e. The van der Waals surface area contributed by atoms with Crippen molar-refractivity contribution in [3.05, 3.63) is 46.2 Å². The first-order chi connectivity index (χ1) is 9.29. The minimum absolute atomic E-state index is 0.191. The van der Waals surface area contributed by atoms with Crippen LogP contribution in [-0.4, -0.2) is 22.4 Å². The molecule has 0 spiro atoms. The molecular formula is C13H12N4OS. The molecule has 0 atom stereocenters. The Bertz CT molecular complexity index is 612. The summed E-state index contributed by atoms with van der Waals surface area (Å²) in [5.74, 6) is 5.56. The summed E-state index contributed by atoms with van der Waals surface area (Å²) >= 11 is 1.53. The van der Waals surface area contributed by atoms with E-state index in [1.165, 1.54) is 30.1 Å². The molecule has 2 aromatic rings. The average Bonchev–Trinajstić information content (AvgIpc) is 2.91. The molecule has 0 aliphatic carbocycles. The first kappa shape index (κ1) is 13.2. The summed E-state index contributed by atoms with van der Waals surface area (Å²) in [4.78, 5) is 21.3. The van der Waals surface area contributed by atoms with Gasteiger partial charge in [0.2, 0.25) is 0 Å². The fourth-order valence-corrected chi connectivity index (χ4v) is 2.19. The number of carbonyl (C=O) groups is 1. The fraction of sp³-hybridized carbons (Fsp3) is 0.154. The van der Waals surface area contributed by atoms with Crippen molar-refractivity contribution < 1.29 is 4.79 Å². The van der Waals surface area contributed by atoms with E-state index in [1.807, 2.05) is 12.1 Å². The van der Waals surface area contributed by atoms with Crippen molar-refractivity contribution in [3.8, 4) is 11.8 Å². The molecule has 1 amide bonds. The molecule has 0 saturated carbocycles. The standard InChI is InChI=1S/C13H12N4OS/c14-5-1-2-11-3-4-12(19-11)8-17-13(18)10-6-15-9-16-7-10/h3-4,6-7,9H,5,8,14H2,(H,17,18). The summed E-state index contributed by atoms with van der Waals surface area (Å²) in [7, 11) is 0. The van der Waals surface area contributed by atoms with E-state index in [1.54, 1.807) is 0 Å². The van der Waals surface area contributed by atoms with Gasteiger partial charge in [0, 0.05) is 17.3 Å². The minimum Gasteiger partial charge on any atom is -0.347 e. The highest BCUT2D eigenvalue weighted by molar-refractivity contribution is 7.12. The summed E-state index contributed by atoms with van der Waals surface area (Å²) < 4.78 is 0. The fourth-order valence-electron chi connectivity index (χ4n) is 1.36. The second kappa shape index (κ2) is 6.64. The quantitative estimate of drug-likeness (QED) is 0.809. The molecule has 0 aliphatic rings. The molecule has 96 valence electrons. The van der Waals surface area contributed by atoms with Gasteiger partial charge in [0.15, 0.2) is 0 Å². The predicted octanol–water partition coefficient (Wildman–Crippen LogP) is 0.778. The van der Waals surface area contributed by atoms with E-state index in [9.17, 15) is 4.79 Å². The first-order valence-corrected chi connectivity index (χ1v) is 6.42. The lowest BCUT2D eigenvalue weighted by atomic mass is 10.3. The third-order valence-electron chi connectivity index (χ3n) is 2.22. The Balaban J connectivity index is 1.92. The van der Waals surface area contributed by atoms with E-state index in [2.05, 4.69) is 27.1 Å². The van der Waals surface area contributed by atoms with Crippen LogP contribution in [0.3, 0.4) is 0 Å².